The molecular formula is C26H16N6O6. The minimum absolute atomic E-state index is 0.124. The van der Waals surface area contributed by atoms with Crippen molar-refractivity contribution in [2.45, 2.75) is 0 Å². The van der Waals surface area contributed by atoms with Crippen molar-refractivity contribution in [1.29, 1.82) is 10.5 Å². The summed E-state index contributed by atoms with van der Waals surface area (Å²) in [5, 5.41) is 45.3. The van der Waals surface area contributed by atoms with Crippen LogP contribution in [0.2, 0.25) is 0 Å². The van der Waals surface area contributed by atoms with Crippen LogP contribution in [0, 0.1) is 42.9 Å². The van der Waals surface area contributed by atoms with E-state index in [1.807, 2.05) is 0 Å². The van der Waals surface area contributed by atoms with Gasteiger partial charge in [0.2, 0.25) is 0 Å². The Bertz CT molecular complexity index is 1430. The van der Waals surface area contributed by atoms with Crippen LogP contribution < -0.4 is 10.6 Å². The topological polar surface area (TPSA) is 192 Å². The fraction of sp³-hybridized carbons (Fsp3) is 0. The second-order valence-electron chi connectivity index (χ2n) is 7.52. The standard InChI is InChI=1S/C26H16N6O6/c27-15-19(13-17-1-9-23(10-2-17)31(35)36)25(33)29-21-5-7-22(8-6-21)30-26(34)20(16-28)14-18-3-11-24(12-4-18)32(37)38/h1-14H,(H,29,33)(H,30,34)/b19-13+,20-14+. The molecule has 0 spiro atoms. The van der Waals surface area contributed by atoms with Crippen molar-refractivity contribution in [2.75, 3.05) is 10.6 Å². The number of rotatable bonds is 8. The van der Waals surface area contributed by atoms with Gasteiger partial charge in [-0.25, -0.2) is 0 Å². The Morgan fingerprint density at radius 3 is 1.21 bits per heavy atom. The summed E-state index contributed by atoms with van der Waals surface area (Å²) in [5.41, 5.74) is 0.782. The molecular weight excluding hydrogens is 492 g/mol. The molecule has 3 aromatic rings. The zero-order chi connectivity index (χ0) is 27.7. The Morgan fingerprint density at radius 1 is 0.632 bits per heavy atom. The molecule has 0 bridgehead atoms. The largest absolute Gasteiger partial charge is 0.321 e. The van der Waals surface area contributed by atoms with E-state index in [9.17, 15) is 40.3 Å². The van der Waals surface area contributed by atoms with Crippen molar-refractivity contribution < 1.29 is 19.4 Å². The van der Waals surface area contributed by atoms with Crippen molar-refractivity contribution >= 4 is 46.7 Å². The van der Waals surface area contributed by atoms with E-state index in [1.54, 1.807) is 12.1 Å². The summed E-state index contributed by atoms with van der Waals surface area (Å²) in [6.07, 6.45) is 2.57. The molecule has 2 amide bonds. The van der Waals surface area contributed by atoms with E-state index in [0.29, 0.717) is 22.5 Å². The predicted octanol–water partition coefficient (Wildman–Crippen LogP) is 4.59. The molecule has 0 fully saturated rings. The summed E-state index contributed by atoms with van der Waals surface area (Å²) in [6, 6.07) is 20.1. The lowest BCUT2D eigenvalue weighted by Crippen LogP contribution is -2.15. The first-order valence-corrected chi connectivity index (χ1v) is 10.7. The minimum Gasteiger partial charge on any atom is -0.321 e. The van der Waals surface area contributed by atoms with E-state index in [1.165, 1.54) is 84.9 Å². The van der Waals surface area contributed by atoms with E-state index < -0.39 is 21.7 Å². The summed E-state index contributed by atoms with van der Waals surface area (Å²) >= 11 is 0. The molecule has 186 valence electrons. The van der Waals surface area contributed by atoms with Crippen molar-refractivity contribution in [2.24, 2.45) is 0 Å². The molecule has 3 rings (SSSR count). The monoisotopic (exact) mass is 508 g/mol. The minimum atomic E-state index is -0.708. The number of non-ortho nitro benzene ring substituents is 2. The molecule has 12 nitrogen and oxygen atoms in total. The summed E-state index contributed by atoms with van der Waals surface area (Å²) in [7, 11) is 0. The van der Waals surface area contributed by atoms with E-state index in [0.717, 1.165) is 0 Å². The van der Waals surface area contributed by atoms with E-state index in [4.69, 9.17) is 0 Å². The fourth-order valence-corrected chi connectivity index (χ4v) is 3.05. The SMILES string of the molecule is N#C/C(=C\c1ccc([N+](=O)[O-])cc1)C(=O)Nc1ccc(NC(=O)/C(C#N)=C/c2ccc([N+](=O)[O-])cc2)cc1. The quantitative estimate of drug-likeness (QED) is 0.191. The van der Waals surface area contributed by atoms with Gasteiger partial charge < -0.3 is 10.6 Å². The molecule has 0 aliphatic rings. The predicted molar refractivity (Wildman–Crippen MR) is 137 cm³/mol. The number of nitriles is 2. The highest BCUT2D eigenvalue weighted by Crippen LogP contribution is 2.19. The van der Waals surface area contributed by atoms with Crippen LogP contribution in [0.3, 0.4) is 0 Å². The van der Waals surface area contributed by atoms with Gasteiger partial charge in [-0.1, -0.05) is 0 Å². The van der Waals surface area contributed by atoms with E-state index in [2.05, 4.69) is 10.6 Å². The second kappa shape index (κ2) is 12.0. The lowest BCUT2D eigenvalue weighted by Gasteiger charge is -2.07. The molecule has 0 aliphatic heterocycles. The number of carbonyl (C=O) groups is 2. The highest BCUT2D eigenvalue weighted by molar-refractivity contribution is 6.11. The second-order valence-corrected chi connectivity index (χ2v) is 7.52. The molecule has 0 saturated heterocycles. The van der Waals surface area contributed by atoms with Gasteiger partial charge in [0, 0.05) is 35.6 Å². The number of nitrogens with zero attached hydrogens (tertiary/aromatic N) is 4. The van der Waals surface area contributed by atoms with Crippen molar-refractivity contribution in [1.82, 2.24) is 0 Å². The summed E-state index contributed by atoms with van der Waals surface area (Å²) in [5.74, 6) is -1.42. The van der Waals surface area contributed by atoms with Crippen LogP contribution >= 0.6 is 0 Å². The number of nitro groups is 2. The lowest BCUT2D eigenvalue weighted by atomic mass is 10.1. The maximum atomic E-state index is 12.5. The number of nitro benzene ring substituents is 2. The van der Waals surface area contributed by atoms with Crippen LogP contribution in [0.15, 0.2) is 83.9 Å². The van der Waals surface area contributed by atoms with Gasteiger partial charge in [-0.3, -0.25) is 29.8 Å². The number of carbonyl (C=O) groups excluding carboxylic acids is 2. The fourth-order valence-electron chi connectivity index (χ4n) is 3.05. The average Bonchev–Trinajstić information content (AvgIpc) is 2.91. The van der Waals surface area contributed by atoms with Crippen LogP contribution in [0.1, 0.15) is 11.1 Å². The number of amides is 2. The van der Waals surface area contributed by atoms with Crippen LogP contribution in [0.25, 0.3) is 12.2 Å². The Kier molecular flexibility index (Phi) is 8.37. The average molecular weight is 508 g/mol. The van der Waals surface area contributed by atoms with Gasteiger partial charge in [0.15, 0.2) is 0 Å². The number of hydrogen-bond acceptors (Lipinski definition) is 8. The molecule has 38 heavy (non-hydrogen) atoms. The molecule has 3 aromatic carbocycles. The maximum absolute atomic E-state index is 12.5. The number of anilines is 2. The number of benzene rings is 3. The Hall–Kier alpha value is -6.14. The van der Waals surface area contributed by atoms with Crippen LogP contribution in [0.5, 0.6) is 0 Å². The van der Waals surface area contributed by atoms with E-state index in [-0.39, 0.29) is 22.5 Å². The van der Waals surface area contributed by atoms with Crippen LogP contribution in [0.4, 0.5) is 22.7 Å². The highest BCUT2D eigenvalue weighted by atomic mass is 16.6. The van der Waals surface area contributed by atoms with Crippen molar-refractivity contribution in [3.63, 3.8) is 0 Å². The third-order valence-electron chi connectivity index (χ3n) is 4.96. The molecule has 0 aromatic heterocycles. The molecule has 0 unspecified atom stereocenters. The van der Waals surface area contributed by atoms with Gasteiger partial charge >= 0.3 is 0 Å². The molecule has 2 N–H and O–H groups in total. The number of hydrogen-bond donors (Lipinski definition) is 2. The molecule has 0 radical (unpaired) electrons. The molecule has 12 heteroatoms. The van der Waals surface area contributed by atoms with Gasteiger partial charge in [-0.15, -0.1) is 0 Å². The van der Waals surface area contributed by atoms with Gasteiger partial charge in [0.1, 0.15) is 23.3 Å². The van der Waals surface area contributed by atoms with Crippen LogP contribution in [-0.4, -0.2) is 21.7 Å². The van der Waals surface area contributed by atoms with E-state index >= 15 is 0 Å². The zero-order valence-electron chi connectivity index (χ0n) is 19.3. The van der Waals surface area contributed by atoms with Gasteiger partial charge in [0.05, 0.1) is 9.85 Å². The first-order chi connectivity index (χ1) is 18.2. The van der Waals surface area contributed by atoms with Gasteiger partial charge in [0.25, 0.3) is 23.2 Å². The summed E-state index contributed by atoms with van der Waals surface area (Å²) in [6.45, 7) is 0. The van der Waals surface area contributed by atoms with Gasteiger partial charge in [-0.05, 0) is 71.8 Å². The van der Waals surface area contributed by atoms with Gasteiger partial charge in [-0.2, -0.15) is 10.5 Å². The number of nitrogens with one attached hydrogen (secondary N) is 2. The Labute approximate surface area is 215 Å². The normalized spacial score (nSPS) is 11.0. The highest BCUT2D eigenvalue weighted by Gasteiger charge is 2.13. The molecule has 0 atom stereocenters. The summed E-state index contributed by atoms with van der Waals surface area (Å²) < 4.78 is 0. The third kappa shape index (κ3) is 6.94. The molecule has 0 aliphatic carbocycles. The summed E-state index contributed by atoms with van der Waals surface area (Å²) in [4.78, 5) is 45.4. The van der Waals surface area contributed by atoms with Crippen molar-refractivity contribution in [3.8, 4) is 12.1 Å². The van der Waals surface area contributed by atoms with Crippen molar-refractivity contribution in [3.05, 3.63) is 115 Å². The first kappa shape index (κ1) is 26.5. The third-order valence-corrected chi connectivity index (χ3v) is 4.96. The zero-order valence-corrected chi connectivity index (χ0v) is 19.3. The Morgan fingerprint density at radius 2 is 0.947 bits per heavy atom. The first-order valence-electron chi connectivity index (χ1n) is 10.7. The molecule has 0 heterocycles. The molecule has 0 saturated carbocycles. The smallest absolute Gasteiger partial charge is 0.269 e. The Balaban J connectivity index is 1.65. The maximum Gasteiger partial charge on any atom is 0.269 e. The lowest BCUT2D eigenvalue weighted by molar-refractivity contribution is -0.385. The van der Waals surface area contributed by atoms with Crippen LogP contribution in [-0.2, 0) is 9.59 Å².